The van der Waals surface area contributed by atoms with Crippen molar-refractivity contribution in [3.63, 3.8) is 0 Å². The largest absolute Gasteiger partial charge is 0.385 e. The lowest BCUT2D eigenvalue weighted by Gasteiger charge is -2.21. The smallest absolute Gasteiger partial charge is 0.0434 e. The van der Waals surface area contributed by atoms with Gasteiger partial charge in [-0.15, -0.1) is 0 Å². The van der Waals surface area contributed by atoms with Crippen LogP contribution < -0.4 is 16.4 Å². The molecular weight excluding hydrogens is 827 g/mol. The van der Waals surface area contributed by atoms with Gasteiger partial charge in [-0.05, 0) is 151 Å². The van der Waals surface area contributed by atoms with Crippen molar-refractivity contribution < 1.29 is 0 Å². The van der Waals surface area contributed by atoms with Crippen LogP contribution in [-0.2, 0) is 0 Å². The standard InChI is InChI=1S/C15H26.C9H19N.C7H13N.C6H10.C3H9N.C3H8.C2H7N.C2H5N.8C2H6/c1-7-10-14(9-3)15(11-8-2)13(6)12(4)5;1-5-7-8-10(4)9(3)6-2;1-5-8-7(4)6(2)3;1-5(2)6(3)4;1-2-3-4;3*1-3-2;8*1-2/h7,10H,8-9,11H2,1-6H3;7-9H,5-6H2,1-4H3;5,7-8H,1-2H2,3-4H3;1,3H2,2,4H3;2-4H2,1H3;3H2,1-2H3;3H,1-2H3;1H2,2H3;8*1-2H3/b10-7+,15-14-;8-7-;;;;;;;;;;;;;;. The number of aliphatic imine (C=N–C) groups is 1. The summed E-state index contributed by atoms with van der Waals surface area (Å²) in [4.78, 5) is 5.50. The molecule has 0 aliphatic heterocycles. The number of allylic oxidation sites excluding steroid dienone is 9. The molecule has 0 heterocycles. The molecule has 422 valence electrons. The van der Waals surface area contributed by atoms with Gasteiger partial charge in [0.1, 0.15) is 0 Å². The normalized spacial score (nSPS) is 8.90. The summed E-state index contributed by atoms with van der Waals surface area (Å²) in [6, 6.07) is 1.02. The van der Waals surface area contributed by atoms with Crippen LogP contribution in [0.5, 0.6) is 0 Å². The van der Waals surface area contributed by atoms with E-state index in [1.54, 1.807) is 18.8 Å². The van der Waals surface area contributed by atoms with Crippen LogP contribution >= 0.6 is 0 Å². The molecule has 2 atom stereocenters. The maximum Gasteiger partial charge on any atom is 0.0434 e. The van der Waals surface area contributed by atoms with E-state index in [1.165, 1.54) is 42.4 Å². The molecule has 2 unspecified atom stereocenters. The fourth-order valence-electron chi connectivity index (χ4n) is 2.80. The van der Waals surface area contributed by atoms with E-state index in [2.05, 4.69) is 168 Å². The molecule has 0 bridgehead atoms. The Hall–Kier alpha value is -2.89. The van der Waals surface area contributed by atoms with E-state index < -0.39 is 0 Å². The summed E-state index contributed by atoms with van der Waals surface area (Å²) in [5.41, 5.74) is 14.3. The lowest BCUT2D eigenvalue weighted by molar-refractivity contribution is 0.342. The van der Waals surface area contributed by atoms with Gasteiger partial charge in [-0.1, -0.05) is 239 Å². The lowest BCUT2D eigenvalue weighted by atomic mass is 9.92. The first-order chi connectivity index (χ1) is 32.3. The minimum Gasteiger partial charge on any atom is -0.385 e. The molecule has 68 heavy (non-hydrogen) atoms. The van der Waals surface area contributed by atoms with Crippen molar-refractivity contribution in [2.24, 2.45) is 10.7 Å². The Morgan fingerprint density at radius 2 is 0.985 bits per heavy atom. The zero-order chi connectivity index (χ0) is 59.1. The highest BCUT2D eigenvalue weighted by Gasteiger charge is 2.05. The Morgan fingerprint density at radius 1 is 0.676 bits per heavy atom. The first-order valence-corrected chi connectivity index (χ1v) is 27.6. The van der Waals surface area contributed by atoms with Crippen LogP contribution in [0.25, 0.3) is 0 Å². The molecule has 0 aromatic heterocycles. The Labute approximate surface area is 440 Å². The van der Waals surface area contributed by atoms with Gasteiger partial charge in [0.2, 0.25) is 0 Å². The van der Waals surface area contributed by atoms with Gasteiger partial charge >= 0.3 is 0 Å². The molecule has 0 fully saturated rings. The van der Waals surface area contributed by atoms with Gasteiger partial charge in [-0.25, -0.2) is 0 Å². The Kier molecular flexibility index (Phi) is 224. The summed E-state index contributed by atoms with van der Waals surface area (Å²) in [7, 11) is 7.51. The lowest BCUT2D eigenvalue weighted by Crippen LogP contribution is -2.22. The first-order valence-electron chi connectivity index (χ1n) is 27.6. The monoisotopic (exact) mass is 972 g/mol. The molecule has 4 N–H and O–H groups in total. The van der Waals surface area contributed by atoms with Gasteiger partial charge in [0.25, 0.3) is 0 Å². The topological polar surface area (TPSA) is 65.7 Å². The summed E-state index contributed by atoms with van der Waals surface area (Å²) in [6.07, 6.45) is 18.7. The van der Waals surface area contributed by atoms with E-state index in [0.717, 1.165) is 42.5 Å². The second-order valence-electron chi connectivity index (χ2n) is 12.8. The Balaban J connectivity index is -0.0000000326. The molecule has 0 amide bonds. The SMILES string of the molecule is C/C=C/C(CC)=C(/CCC)C(C)=C(C)C.C=C(C)C(=C)C.C=CNC(C)C(=C)C.C=NC.CC.CC.CC.CC.CC.CC.CC.CC.CC/C=C\N(C)C(C)CC.CCC.CCCN.CNC. The van der Waals surface area contributed by atoms with E-state index in [1.807, 2.05) is 153 Å². The molecule has 0 aromatic carbocycles. The molecule has 5 heteroatoms. The van der Waals surface area contributed by atoms with Crippen molar-refractivity contribution in [2.45, 2.75) is 279 Å². The fraction of sp³-hybridized carbons (Fsp3) is 0.730. The second kappa shape index (κ2) is 137. The third-order valence-corrected chi connectivity index (χ3v) is 6.83. The number of hydrogen-bond donors (Lipinski definition) is 3. The van der Waals surface area contributed by atoms with Gasteiger partial charge < -0.3 is 26.3 Å². The number of rotatable bonds is 14. The van der Waals surface area contributed by atoms with Crippen LogP contribution in [0.15, 0.2) is 101 Å². The maximum atomic E-state index is 5.03. The van der Waals surface area contributed by atoms with Crippen LogP contribution in [0.2, 0.25) is 0 Å². The highest BCUT2D eigenvalue weighted by atomic mass is 15.1. The van der Waals surface area contributed by atoms with E-state index >= 15 is 0 Å². The fourth-order valence-corrected chi connectivity index (χ4v) is 2.80. The van der Waals surface area contributed by atoms with Crippen LogP contribution in [0.3, 0.4) is 0 Å². The van der Waals surface area contributed by atoms with E-state index in [-0.39, 0.29) is 0 Å². The molecule has 0 aliphatic carbocycles. The number of nitrogens with zero attached hydrogens (tertiary/aromatic N) is 2. The van der Waals surface area contributed by atoms with Crippen molar-refractivity contribution in [3.8, 4) is 0 Å². The maximum absolute atomic E-state index is 5.03. The van der Waals surface area contributed by atoms with Crippen molar-refractivity contribution in [3.05, 3.63) is 96.0 Å². The van der Waals surface area contributed by atoms with Crippen LogP contribution in [0.4, 0.5) is 0 Å². The minimum atomic E-state index is 0.354. The van der Waals surface area contributed by atoms with Crippen molar-refractivity contribution in [1.29, 1.82) is 0 Å². The summed E-state index contributed by atoms with van der Waals surface area (Å²) in [5.74, 6) is 0. The van der Waals surface area contributed by atoms with Crippen LogP contribution in [-0.4, -0.2) is 58.4 Å². The van der Waals surface area contributed by atoms with E-state index in [9.17, 15) is 0 Å². The third-order valence-electron chi connectivity index (χ3n) is 6.83. The molecule has 0 spiro atoms. The third kappa shape index (κ3) is 159. The van der Waals surface area contributed by atoms with Gasteiger partial charge in [0, 0.05) is 26.2 Å². The summed E-state index contributed by atoms with van der Waals surface area (Å²) < 4.78 is 0. The molecule has 0 radical (unpaired) electrons. The number of nitrogens with two attached hydrogens (primary N) is 1. The van der Waals surface area contributed by atoms with Gasteiger partial charge in [0.15, 0.2) is 0 Å². The molecular formula is C63H145N5. The molecule has 0 aromatic rings. The average Bonchev–Trinajstić information content (AvgIpc) is 3.37. The van der Waals surface area contributed by atoms with Gasteiger partial charge in [-0.3, -0.25) is 0 Å². The van der Waals surface area contributed by atoms with E-state index in [4.69, 9.17) is 5.73 Å². The molecule has 0 rings (SSSR count). The van der Waals surface area contributed by atoms with E-state index in [0.29, 0.717) is 12.1 Å². The summed E-state index contributed by atoms with van der Waals surface area (Å²) in [5, 5.41) is 5.76. The first kappa shape index (κ1) is 111. The Morgan fingerprint density at radius 3 is 1.13 bits per heavy atom. The molecule has 0 aliphatic rings. The Bertz CT molecular complexity index is 900. The highest BCUT2D eigenvalue weighted by molar-refractivity contribution is 5.40. The molecule has 5 nitrogen and oxygen atoms in total. The van der Waals surface area contributed by atoms with Crippen LogP contribution in [0.1, 0.15) is 267 Å². The number of hydrogen-bond acceptors (Lipinski definition) is 5. The molecule has 0 saturated carbocycles. The number of nitrogens with one attached hydrogen (secondary N) is 2. The summed E-state index contributed by atoms with van der Waals surface area (Å²) in [6.45, 7) is 84.6. The van der Waals surface area contributed by atoms with Crippen molar-refractivity contribution >= 4 is 6.72 Å². The average molecular weight is 973 g/mol. The van der Waals surface area contributed by atoms with Gasteiger partial charge in [-0.2, -0.15) is 0 Å². The minimum absolute atomic E-state index is 0.354. The zero-order valence-corrected chi connectivity index (χ0v) is 55.2. The predicted octanol–water partition coefficient (Wildman–Crippen LogP) is 22.0. The highest BCUT2D eigenvalue weighted by Crippen LogP contribution is 2.25. The molecule has 0 saturated heterocycles. The van der Waals surface area contributed by atoms with Crippen LogP contribution in [0, 0.1) is 0 Å². The van der Waals surface area contributed by atoms with Crippen molar-refractivity contribution in [2.75, 3.05) is 34.7 Å². The second-order valence-corrected chi connectivity index (χ2v) is 12.8. The summed E-state index contributed by atoms with van der Waals surface area (Å²) >= 11 is 0. The van der Waals surface area contributed by atoms with Gasteiger partial charge in [0.05, 0.1) is 0 Å². The predicted molar refractivity (Wildman–Crippen MR) is 342 cm³/mol. The quantitative estimate of drug-likeness (QED) is 0.0922. The van der Waals surface area contributed by atoms with Crippen molar-refractivity contribution in [1.82, 2.24) is 15.5 Å². The zero-order valence-electron chi connectivity index (χ0n) is 55.2.